The van der Waals surface area contributed by atoms with E-state index >= 15 is 0 Å². The first-order valence-corrected chi connectivity index (χ1v) is 7.54. The van der Waals surface area contributed by atoms with Gasteiger partial charge in [0.15, 0.2) is 9.84 Å². The monoisotopic (exact) mass is 279 g/mol. The lowest BCUT2D eigenvalue weighted by Crippen LogP contribution is -2.11. The van der Waals surface area contributed by atoms with Crippen molar-refractivity contribution in [2.75, 3.05) is 5.73 Å². The number of nitrogens with zero attached hydrogens (tertiary/aromatic N) is 2. The van der Waals surface area contributed by atoms with Crippen molar-refractivity contribution in [3.8, 4) is 0 Å². The number of sulfone groups is 1. The number of hydrogen-bond acceptors (Lipinski definition) is 4. The van der Waals surface area contributed by atoms with Crippen LogP contribution in [0.15, 0.2) is 29.2 Å². The van der Waals surface area contributed by atoms with Crippen LogP contribution in [0, 0.1) is 13.8 Å². The van der Waals surface area contributed by atoms with Crippen LogP contribution in [0.2, 0.25) is 0 Å². The summed E-state index contributed by atoms with van der Waals surface area (Å²) in [4.78, 5) is 0.284. The Bertz CT molecular complexity index is 717. The quantitative estimate of drug-likeness (QED) is 0.865. The molecule has 2 rings (SSSR count). The zero-order chi connectivity index (χ0) is 14.2. The third-order valence-corrected chi connectivity index (χ3v) is 4.89. The van der Waals surface area contributed by atoms with Crippen LogP contribution in [-0.2, 0) is 22.6 Å². The molecule has 102 valence electrons. The van der Waals surface area contributed by atoms with Gasteiger partial charge in [-0.05, 0) is 37.6 Å². The van der Waals surface area contributed by atoms with E-state index < -0.39 is 9.84 Å². The van der Waals surface area contributed by atoms with Crippen LogP contribution >= 0.6 is 0 Å². The predicted molar refractivity (Wildman–Crippen MR) is 74.4 cm³/mol. The van der Waals surface area contributed by atoms with E-state index in [0.29, 0.717) is 16.9 Å². The highest BCUT2D eigenvalue weighted by Crippen LogP contribution is 2.24. The average molecular weight is 279 g/mol. The van der Waals surface area contributed by atoms with Crippen molar-refractivity contribution in [1.82, 2.24) is 9.78 Å². The highest BCUT2D eigenvalue weighted by Gasteiger charge is 2.20. The maximum Gasteiger partial charge on any atom is 0.184 e. The topological polar surface area (TPSA) is 78.0 Å². The minimum absolute atomic E-state index is 0.0748. The molecule has 0 fully saturated rings. The third kappa shape index (κ3) is 2.63. The molecule has 0 saturated heterocycles. The Morgan fingerprint density at radius 3 is 2.58 bits per heavy atom. The standard InChI is InChI=1S/C13H17N3O2S/c1-9-7-11(16(3)15-9)8-19(17,18)13-6-4-5-12(14)10(13)2/h4-7H,8,14H2,1-3H3. The molecule has 0 atom stereocenters. The molecule has 1 aromatic carbocycles. The van der Waals surface area contributed by atoms with E-state index in [2.05, 4.69) is 5.10 Å². The van der Waals surface area contributed by atoms with Crippen LogP contribution in [0.25, 0.3) is 0 Å². The van der Waals surface area contributed by atoms with Crippen molar-refractivity contribution in [3.05, 3.63) is 41.2 Å². The Kier molecular flexibility index (Phi) is 3.36. The van der Waals surface area contributed by atoms with Crippen molar-refractivity contribution in [3.63, 3.8) is 0 Å². The zero-order valence-corrected chi connectivity index (χ0v) is 12.0. The van der Waals surface area contributed by atoms with Crippen LogP contribution < -0.4 is 5.73 Å². The lowest BCUT2D eigenvalue weighted by molar-refractivity contribution is 0.591. The molecule has 19 heavy (non-hydrogen) atoms. The van der Waals surface area contributed by atoms with Crippen molar-refractivity contribution >= 4 is 15.5 Å². The molecule has 0 aliphatic heterocycles. The fourth-order valence-electron chi connectivity index (χ4n) is 2.04. The Labute approximate surface area is 113 Å². The van der Waals surface area contributed by atoms with Gasteiger partial charge in [0.2, 0.25) is 0 Å². The van der Waals surface area contributed by atoms with Crippen LogP contribution in [0.4, 0.5) is 5.69 Å². The molecule has 6 heteroatoms. The number of hydrogen-bond donors (Lipinski definition) is 1. The molecular formula is C13H17N3O2S. The summed E-state index contributed by atoms with van der Waals surface area (Å²) in [6, 6.07) is 6.72. The molecule has 5 nitrogen and oxygen atoms in total. The molecule has 0 bridgehead atoms. The lowest BCUT2D eigenvalue weighted by atomic mass is 10.2. The third-order valence-electron chi connectivity index (χ3n) is 3.10. The van der Waals surface area contributed by atoms with E-state index in [0.717, 1.165) is 5.69 Å². The summed E-state index contributed by atoms with van der Waals surface area (Å²) in [7, 11) is -1.68. The second-order valence-corrected chi connectivity index (χ2v) is 6.59. The van der Waals surface area contributed by atoms with E-state index in [4.69, 9.17) is 5.73 Å². The summed E-state index contributed by atoms with van der Waals surface area (Å²) in [5, 5.41) is 4.16. The summed E-state index contributed by atoms with van der Waals surface area (Å²) in [5.74, 6) is -0.0748. The smallest absolute Gasteiger partial charge is 0.184 e. The van der Waals surface area contributed by atoms with Gasteiger partial charge in [-0.15, -0.1) is 0 Å². The maximum atomic E-state index is 12.4. The molecule has 2 N–H and O–H groups in total. The van der Waals surface area contributed by atoms with Crippen LogP contribution in [-0.4, -0.2) is 18.2 Å². The Balaban J connectivity index is 2.44. The number of benzene rings is 1. The average Bonchev–Trinajstić information content (AvgIpc) is 2.60. The van der Waals surface area contributed by atoms with E-state index in [9.17, 15) is 8.42 Å². The number of nitrogen functional groups attached to an aromatic ring is 1. The van der Waals surface area contributed by atoms with Gasteiger partial charge in [-0.2, -0.15) is 5.10 Å². The molecule has 0 unspecified atom stereocenters. The fraction of sp³-hybridized carbons (Fsp3) is 0.308. The molecular weight excluding hydrogens is 262 g/mol. The molecule has 1 heterocycles. The Hall–Kier alpha value is -1.82. The Morgan fingerprint density at radius 2 is 2.00 bits per heavy atom. The summed E-state index contributed by atoms with van der Waals surface area (Å²) >= 11 is 0. The number of nitrogens with two attached hydrogens (primary N) is 1. The van der Waals surface area contributed by atoms with Gasteiger partial charge < -0.3 is 5.73 Å². The Morgan fingerprint density at radius 1 is 1.32 bits per heavy atom. The molecule has 2 aromatic rings. The highest BCUT2D eigenvalue weighted by atomic mass is 32.2. The number of rotatable bonds is 3. The molecule has 0 saturated carbocycles. The van der Waals surface area contributed by atoms with Crippen LogP contribution in [0.3, 0.4) is 0 Å². The minimum atomic E-state index is -3.42. The maximum absolute atomic E-state index is 12.4. The van der Waals surface area contributed by atoms with Gasteiger partial charge in [-0.1, -0.05) is 6.07 Å². The van der Waals surface area contributed by atoms with E-state index in [1.54, 1.807) is 42.9 Å². The summed E-state index contributed by atoms with van der Waals surface area (Å²) in [5.41, 5.74) is 8.32. The number of aryl methyl sites for hydroxylation is 2. The van der Waals surface area contributed by atoms with Crippen LogP contribution in [0.5, 0.6) is 0 Å². The number of anilines is 1. The van der Waals surface area contributed by atoms with Gasteiger partial charge in [0.1, 0.15) is 0 Å². The molecule has 0 spiro atoms. The first-order valence-electron chi connectivity index (χ1n) is 5.88. The van der Waals surface area contributed by atoms with Gasteiger partial charge in [-0.3, -0.25) is 4.68 Å². The van der Waals surface area contributed by atoms with E-state index in [-0.39, 0.29) is 10.6 Å². The molecule has 1 aromatic heterocycles. The fourth-order valence-corrected chi connectivity index (χ4v) is 3.73. The van der Waals surface area contributed by atoms with Crippen molar-refractivity contribution in [2.45, 2.75) is 24.5 Å². The second-order valence-electron chi connectivity index (χ2n) is 4.63. The SMILES string of the molecule is Cc1cc(CS(=O)(=O)c2cccc(N)c2C)n(C)n1. The molecule has 0 amide bonds. The minimum Gasteiger partial charge on any atom is -0.398 e. The largest absolute Gasteiger partial charge is 0.398 e. The second kappa shape index (κ2) is 4.70. The van der Waals surface area contributed by atoms with Gasteiger partial charge in [0.25, 0.3) is 0 Å². The van der Waals surface area contributed by atoms with Gasteiger partial charge in [0.05, 0.1) is 22.0 Å². The van der Waals surface area contributed by atoms with E-state index in [1.165, 1.54) is 0 Å². The number of aromatic nitrogens is 2. The zero-order valence-electron chi connectivity index (χ0n) is 11.2. The van der Waals surface area contributed by atoms with Crippen molar-refractivity contribution < 1.29 is 8.42 Å². The summed E-state index contributed by atoms with van der Waals surface area (Å²) in [6.07, 6.45) is 0. The molecule has 0 aliphatic rings. The first-order chi connectivity index (χ1) is 8.81. The predicted octanol–water partition coefficient (Wildman–Crippen LogP) is 1.59. The molecule has 0 radical (unpaired) electrons. The summed E-state index contributed by atoms with van der Waals surface area (Å²) < 4.78 is 26.5. The lowest BCUT2D eigenvalue weighted by Gasteiger charge is -2.09. The van der Waals surface area contributed by atoms with Crippen molar-refractivity contribution in [2.24, 2.45) is 7.05 Å². The normalized spacial score (nSPS) is 11.7. The van der Waals surface area contributed by atoms with Gasteiger partial charge >= 0.3 is 0 Å². The summed E-state index contributed by atoms with van der Waals surface area (Å²) in [6.45, 7) is 3.55. The van der Waals surface area contributed by atoms with Gasteiger partial charge in [-0.25, -0.2) is 8.42 Å². The van der Waals surface area contributed by atoms with Crippen LogP contribution in [0.1, 0.15) is 17.0 Å². The molecule has 0 aliphatic carbocycles. The highest BCUT2D eigenvalue weighted by molar-refractivity contribution is 7.90. The first kappa shape index (κ1) is 13.6. The van der Waals surface area contributed by atoms with E-state index in [1.807, 2.05) is 6.92 Å². The van der Waals surface area contributed by atoms with Gasteiger partial charge in [0, 0.05) is 12.7 Å². The van der Waals surface area contributed by atoms with Crippen molar-refractivity contribution in [1.29, 1.82) is 0 Å².